The third-order valence-electron chi connectivity index (χ3n) is 4.77. The van der Waals surface area contributed by atoms with E-state index in [2.05, 4.69) is 21.6 Å². The molecule has 0 bridgehead atoms. The lowest BCUT2D eigenvalue weighted by molar-refractivity contribution is -0.192. The zero-order chi connectivity index (χ0) is 23.3. The van der Waals surface area contributed by atoms with Crippen molar-refractivity contribution < 1.29 is 31.1 Å². The highest BCUT2D eigenvalue weighted by atomic mass is 19.3. The Morgan fingerprint density at radius 3 is 2.09 bits per heavy atom. The number of aryl methyl sites for hydroxylation is 1. The number of aromatic nitrogens is 2. The fraction of sp³-hybridized carbons (Fsp3) is 0.304. The van der Waals surface area contributed by atoms with Gasteiger partial charge in [-0.2, -0.15) is 8.78 Å². The van der Waals surface area contributed by atoms with Crippen LogP contribution in [0.1, 0.15) is 44.0 Å². The monoisotopic (exact) mass is 454 g/mol. The highest BCUT2D eigenvalue weighted by Gasteiger charge is 2.38. The Kier molecular flexibility index (Phi) is 7.37. The molecule has 1 heterocycles. The van der Waals surface area contributed by atoms with Crippen LogP contribution in [-0.4, -0.2) is 9.97 Å². The third kappa shape index (κ3) is 5.57. The summed E-state index contributed by atoms with van der Waals surface area (Å²) in [6.07, 6.45) is 3.42. The summed E-state index contributed by atoms with van der Waals surface area (Å²) in [5, 5.41) is 0. The van der Waals surface area contributed by atoms with Crippen molar-refractivity contribution in [2.45, 2.75) is 45.1 Å². The molecule has 2 aromatic carbocycles. The summed E-state index contributed by atoms with van der Waals surface area (Å²) in [5.74, 6) is -7.23. The first kappa shape index (κ1) is 23.6. The van der Waals surface area contributed by atoms with Crippen molar-refractivity contribution in [3.8, 4) is 16.9 Å². The SMILES string of the molecule is CCCCCCc1cnc(C(F)(F)Oc2ccc(-c3cc(F)c(F)c(F)c3)c(F)c2)nc1. The molecule has 3 nitrogen and oxygen atoms in total. The van der Waals surface area contributed by atoms with Crippen molar-refractivity contribution in [2.24, 2.45) is 0 Å². The number of unbranched alkanes of at least 4 members (excludes halogenated alkanes) is 3. The number of nitrogens with zero attached hydrogens (tertiary/aromatic N) is 2. The highest BCUT2D eigenvalue weighted by Crippen LogP contribution is 2.33. The minimum absolute atomic E-state index is 0.296. The van der Waals surface area contributed by atoms with Crippen LogP contribution in [0.15, 0.2) is 42.7 Å². The Balaban J connectivity index is 1.73. The number of halogens is 6. The second kappa shape index (κ2) is 10.0. The average Bonchev–Trinajstić information content (AvgIpc) is 2.75. The smallest absolute Gasteiger partial charge is 0.426 e. The zero-order valence-corrected chi connectivity index (χ0v) is 17.1. The summed E-state index contributed by atoms with van der Waals surface area (Å²) < 4.78 is 87.7. The van der Waals surface area contributed by atoms with Crippen molar-refractivity contribution in [2.75, 3.05) is 0 Å². The first-order valence-electron chi connectivity index (χ1n) is 10.0. The summed E-state index contributed by atoms with van der Waals surface area (Å²) in [4.78, 5) is 7.32. The van der Waals surface area contributed by atoms with E-state index in [1.807, 2.05) is 0 Å². The van der Waals surface area contributed by atoms with Crippen molar-refractivity contribution >= 4 is 0 Å². The van der Waals surface area contributed by atoms with Gasteiger partial charge in [-0.05, 0) is 48.2 Å². The van der Waals surface area contributed by atoms with E-state index in [1.54, 1.807) is 0 Å². The Bertz CT molecular complexity index is 1050. The quantitative estimate of drug-likeness (QED) is 0.199. The largest absolute Gasteiger partial charge is 0.462 e. The van der Waals surface area contributed by atoms with Gasteiger partial charge in [-0.15, -0.1) is 0 Å². The molecule has 0 aliphatic carbocycles. The number of rotatable bonds is 9. The van der Waals surface area contributed by atoms with Crippen LogP contribution in [0.3, 0.4) is 0 Å². The van der Waals surface area contributed by atoms with Gasteiger partial charge in [0.25, 0.3) is 0 Å². The van der Waals surface area contributed by atoms with Gasteiger partial charge in [0.15, 0.2) is 17.5 Å². The van der Waals surface area contributed by atoms with Crippen LogP contribution in [0.25, 0.3) is 11.1 Å². The summed E-state index contributed by atoms with van der Waals surface area (Å²) in [6.45, 7) is 2.09. The Morgan fingerprint density at radius 1 is 0.844 bits per heavy atom. The van der Waals surface area contributed by atoms with Gasteiger partial charge in [-0.1, -0.05) is 26.2 Å². The third-order valence-corrected chi connectivity index (χ3v) is 4.77. The molecule has 0 radical (unpaired) electrons. The Morgan fingerprint density at radius 2 is 1.50 bits per heavy atom. The van der Waals surface area contributed by atoms with Crippen molar-refractivity contribution in [1.82, 2.24) is 9.97 Å². The van der Waals surface area contributed by atoms with E-state index in [9.17, 15) is 26.3 Å². The van der Waals surface area contributed by atoms with E-state index in [1.165, 1.54) is 12.4 Å². The minimum Gasteiger partial charge on any atom is -0.426 e. The van der Waals surface area contributed by atoms with Gasteiger partial charge >= 0.3 is 6.11 Å². The second-order valence-electron chi connectivity index (χ2n) is 7.24. The molecule has 170 valence electrons. The van der Waals surface area contributed by atoms with Gasteiger partial charge in [0, 0.05) is 24.0 Å². The number of hydrogen-bond acceptors (Lipinski definition) is 3. The number of benzene rings is 2. The van der Waals surface area contributed by atoms with Crippen LogP contribution < -0.4 is 4.74 Å². The zero-order valence-electron chi connectivity index (χ0n) is 17.1. The first-order chi connectivity index (χ1) is 15.2. The molecule has 32 heavy (non-hydrogen) atoms. The van der Waals surface area contributed by atoms with Gasteiger partial charge in [0.05, 0.1) is 0 Å². The van der Waals surface area contributed by atoms with Gasteiger partial charge < -0.3 is 4.74 Å². The van der Waals surface area contributed by atoms with Crippen LogP contribution in [0.2, 0.25) is 0 Å². The summed E-state index contributed by atoms with van der Waals surface area (Å²) in [6, 6.07) is 3.82. The predicted molar refractivity (Wildman–Crippen MR) is 106 cm³/mol. The average molecular weight is 454 g/mol. The molecule has 0 aliphatic heterocycles. The van der Waals surface area contributed by atoms with Gasteiger partial charge in [0.2, 0.25) is 5.82 Å². The van der Waals surface area contributed by atoms with E-state index in [4.69, 9.17) is 0 Å². The number of hydrogen-bond donors (Lipinski definition) is 0. The van der Waals surface area contributed by atoms with E-state index >= 15 is 0 Å². The predicted octanol–water partition coefficient (Wildman–Crippen LogP) is 6.95. The molecule has 0 atom stereocenters. The van der Waals surface area contributed by atoms with Crippen LogP contribution in [0.4, 0.5) is 26.3 Å². The molecule has 9 heteroatoms. The topological polar surface area (TPSA) is 35.0 Å². The summed E-state index contributed by atoms with van der Waals surface area (Å²) >= 11 is 0. The lowest BCUT2D eigenvalue weighted by atomic mass is 10.0. The molecule has 0 unspecified atom stereocenters. The molecule has 0 N–H and O–H groups in total. The fourth-order valence-corrected chi connectivity index (χ4v) is 3.09. The van der Waals surface area contributed by atoms with Crippen LogP contribution in [0, 0.1) is 23.3 Å². The minimum atomic E-state index is -3.94. The number of alkyl halides is 2. The van der Waals surface area contributed by atoms with Crippen molar-refractivity contribution in [1.29, 1.82) is 0 Å². The lowest BCUT2D eigenvalue weighted by Gasteiger charge is -2.17. The molecule has 1 aromatic heterocycles. The Labute approximate surface area is 181 Å². The maximum Gasteiger partial charge on any atom is 0.462 e. The highest BCUT2D eigenvalue weighted by molar-refractivity contribution is 5.65. The molecule has 0 aliphatic rings. The van der Waals surface area contributed by atoms with Crippen molar-refractivity contribution in [3.05, 3.63) is 77.4 Å². The standard InChI is InChI=1S/C23H20F6N2O/c1-2-3-4-5-6-14-12-30-22(31-13-14)23(28,29)32-16-7-8-17(18(24)11-16)15-9-19(25)21(27)20(26)10-15/h7-13H,2-6H2,1H3. The molecule has 0 spiro atoms. The van der Waals surface area contributed by atoms with E-state index in [0.29, 0.717) is 24.6 Å². The molecular weight excluding hydrogens is 434 g/mol. The molecule has 0 amide bonds. The summed E-state index contributed by atoms with van der Waals surface area (Å²) in [5.41, 5.74) is 0.104. The van der Waals surface area contributed by atoms with Crippen LogP contribution in [-0.2, 0) is 12.5 Å². The van der Waals surface area contributed by atoms with Gasteiger partial charge in [-0.3, -0.25) is 0 Å². The maximum atomic E-state index is 14.4. The molecule has 0 saturated carbocycles. The van der Waals surface area contributed by atoms with Crippen LogP contribution >= 0.6 is 0 Å². The normalized spacial score (nSPS) is 11.6. The molecule has 0 fully saturated rings. The van der Waals surface area contributed by atoms with E-state index < -0.39 is 41.0 Å². The number of ether oxygens (including phenoxy) is 1. The van der Waals surface area contributed by atoms with E-state index in [0.717, 1.165) is 43.4 Å². The Hall–Kier alpha value is -3.10. The fourth-order valence-electron chi connectivity index (χ4n) is 3.09. The molecule has 3 rings (SSSR count). The molecular formula is C23H20F6N2O. The second-order valence-corrected chi connectivity index (χ2v) is 7.24. The van der Waals surface area contributed by atoms with Crippen molar-refractivity contribution in [3.63, 3.8) is 0 Å². The lowest BCUT2D eigenvalue weighted by Crippen LogP contribution is -2.25. The molecule has 0 saturated heterocycles. The van der Waals surface area contributed by atoms with Crippen LogP contribution in [0.5, 0.6) is 5.75 Å². The summed E-state index contributed by atoms with van der Waals surface area (Å²) in [7, 11) is 0. The van der Waals surface area contributed by atoms with Gasteiger partial charge in [0.1, 0.15) is 11.6 Å². The maximum absolute atomic E-state index is 14.4. The van der Waals surface area contributed by atoms with Gasteiger partial charge in [-0.25, -0.2) is 27.5 Å². The van der Waals surface area contributed by atoms with E-state index in [-0.39, 0.29) is 11.1 Å². The first-order valence-corrected chi connectivity index (χ1v) is 10.0. The molecule has 3 aromatic rings.